The summed E-state index contributed by atoms with van der Waals surface area (Å²) in [6.45, 7) is 5.37. The molecule has 1 aliphatic rings. The van der Waals surface area contributed by atoms with Crippen LogP contribution in [0.25, 0.3) is 0 Å². The van der Waals surface area contributed by atoms with Crippen LogP contribution >= 0.6 is 0 Å². The lowest BCUT2D eigenvalue weighted by molar-refractivity contribution is -0.139. The monoisotopic (exact) mass is 578 g/mol. The normalized spacial score (nSPS) is 17.4. The van der Waals surface area contributed by atoms with E-state index in [0.29, 0.717) is 24.6 Å². The van der Waals surface area contributed by atoms with Crippen LogP contribution < -0.4 is 15.0 Å². The quantitative estimate of drug-likeness (QED) is 0.263. The van der Waals surface area contributed by atoms with E-state index in [9.17, 15) is 27.9 Å². The van der Waals surface area contributed by atoms with Gasteiger partial charge in [0.25, 0.3) is 0 Å². The minimum atomic E-state index is -4.92. The van der Waals surface area contributed by atoms with Gasteiger partial charge in [-0.25, -0.2) is 14.2 Å². The number of benzene rings is 1. The summed E-state index contributed by atoms with van der Waals surface area (Å²) in [6.07, 6.45) is 0.424. The van der Waals surface area contributed by atoms with Crippen LogP contribution in [0, 0.1) is 17.7 Å². The van der Waals surface area contributed by atoms with Crippen molar-refractivity contribution in [2.75, 3.05) is 10.2 Å². The molecule has 0 radical (unpaired) electrons. The average molecular weight is 579 g/mol. The molecular formula is C28H30F4N4O5. The molecule has 0 unspecified atom stereocenters. The van der Waals surface area contributed by atoms with Crippen LogP contribution in [0.5, 0.6) is 11.6 Å². The number of carboxylic acids is 1. The first-order valence-corrected chi connectivity index (χ1v) is 13.1. The highest BCUT2D eigenvalue weighted by Crippen LogP contribution is 2.40. The van der Waals surface area contributed by atoms with Crippen molar-refractivity contribution >= 4 is 23.4 Å². The third-order valence-electron chi connectivity index (χ3n) is 6.99. The Hall–Kier alpha value is -4.16. The number of halogens is 4. The summed E-state index contributed by atoms with van der Waals surface area (Å²) in [5.41, 5.74) is -1.85. The van der Waals surface area contributed by atoms with Gasteiger partial charge in [-0.1, -0.05) is 12.1 Å². The third kappa shape index (κ3) is 6.95. The van der Waals surface area contributed by atoms with E-state index >= 15 is 4.39 Å². The minimum absolute atomic E-state index is 0.0753. The molecule has 4 rings (SSSR count). The summed E-state index contributed by atoms with van der Waals surface area (Å²) in [6, 6.07) is 3.34. The van der Waals surface area contributed by atoms with Gasteiger partial charge in [0.2, 0.25) is 11.8 Å². The molecule has 0 atom stereocenters. The van der Waals surface area contributed by atoms with E-state index in [0.717, 1.165) is 37.2 Å². The lowest BCUT2D eigenvalue weighted by Gasteiger charge is -2.34. The molecule has 13 heteroatoms. The molecule has 2 aromatic heterocycles. The Morgan fingerprint density at radius 2 is 1.90 bits per heavy atom. The Bertz CT molecular complexity index is 1390. The van der Waals surface area contributed by atoms with Gasteiger partial charge >= 0.3 is 12.1 Å². The van der Waals surface area contributed by atoms with E-state index in [2.05, 4.69) is 26.9 Å². The molecule has 220 valence electrons. The molecule has 41 heavy (non-hydrogen) atoms. The Kier molecular flexibility index (Phi) is 8.83. The largest absolute Gasteiger partial charge is 0.478 e. The van der Waals surface area contributed by atoms with Crippen molar-refractivity contribution in [3.63, 3.8) is 0 Å². The summed E-state index contributed by atoms with van der Waals surface area (Å²) >= 11 is 0. The lowest BCUT2D eigenvalue weighted by atomic mass is 9.82. The van der Waals surface area contributed by atoms with Gasteiger partial charge in [-0.2, -0.15) is 13.2 Å². The number of alkyl halides is 3. The van der Waals surface area contributed by atoms with E-state index in [4.69, 9.17) is 4.74 Å². The fraction of sp³-hybridized carbons (Fsp3) is 0.429. The van der Waals surface area contributed by atoms with Gasteiger partial charge in [0.05, 0.1) is 11.3 Å². The number of carbonyl (C=O) groups excluding carboxylic acids is 1. The predicted molar refractivity (Wildman–Crippen MR) is 140 cm³/mol. The third-order valence-corrected chi connectivity index (χ3v) is 6.99. The van der Waals surface area contributed by atoms with Crippen molar-refractivity contribution in [1.82, 2.24) is 10.1 Å². The van der Waals surface area contributed by atoms with Crippen molar-refractivity contribution in [1.29, 1.82) is 0 Å². The first-order chi connectivity index (χ1) is 19.3. The first kappa shape index (κ1) is 29.8. The van der Waals surface area contributed by atoms with Crippen LogP contribution in [0.1, 0.15) is 67.9 Å². The van der Waals surface area contributed by atoms with Crippen LogP contribution in [-0.2, 0) is 17.5 Å². The molecule has 0 bridgehead atoms. The van der Waals surface area contributed by atoms with E-state index in [1.54, 1.807) is 13.8 Å². The number of carboxylic acid groups (broad SMARTS) is 1. The van der Waals surface area contributed by atoms with Crippen LogP contribution in [0.3, 0.4) is 0 Å². The highest BCUT2D eigenvalue weighted by atomic mass is 19.4. The number of nitrogens with one attached hydrogen (secondary N) is 1. The maximum absolute atomic E-state index is 15.4. The smallest absolute Gasteiger partial charge is 0.421 e. The Balaban J connectivity index is 1.66. The number of hydrogen-bond donors (Lipinski definition) is 2. The number of aromatic nitrogens is 2. The highest BCUT2D eigenvalue weighted by molar-refractivity contribution is 6.03. The van der Waals surface area contributed by atoms with Gasteiger partial charge in [0, 0.05) is 42.9 Å². The van der Waals surface area contributed by atoms with Crippen LogP contribution in [-0.4, -0.2) is 33.2 Å². The molecule has 1 saturated carbocycles. The zero-order valence-corrected chi connectivity index (χ0v) is 22.7. The highest BCUT2D eigenvalue weighted by Gasteiger charge is 2.37. The van der Waals surface area contributed by atoms with Crippen molar-refractivity contribution in [2.45, 2.75) is 65.2 Å². The van der Waals surface area contributed by atoms with Gasteiger partial charge in [-0.15, -0.1) is 0 Å². The number of anilines is 2. The number of hydrogen-bond acceptors (Lipinski definition) is 7. The maximum atomic E-state index is 15.4. The van der Waals surface area contributed by atoms with Crippen molar-refractivity contribution in [3.05, 3.63) is 59.2 Å². The number of rotatable bonds is 9. The second-order valence-corrected chi connectivity index (χ2v) is 10.4. The molecule has 2 heterocycles. The van der Waals surface area contributed by atoms with Crippen LogP contribution in [0.2, 0.25) is 0 Å². The van der Waals surface area contributed by atoms with Gasteiger partial charge in [0.15, 0.2) is 17.4 Å². The Morgan fingerprint density at radius 3 is 2.49 bits per heavy atom. The fourth-order valence-corrected chi connectivity index (χ4v) is 4.82. The molecular weight excluding hydrogens is 548 g/mol. The SMILES string of the molecule is CC1CCC(C(=O)N(c2cc(F)c(Oc3ncc(CNc4ccon4)cc3C(F)(F)F)cc2C(=O)O)C(C)C)CC1. The van der Waals surface area contributed by atoms with Crippen LogP contribution in [0.4, 0.5) is 29.1 Å². The summed E-state index contributed by atoms with van der Waals surface area (Å²) < 4.78 is 66.9. The summed E-state index contributed by atoms with van der Waals surface area (Å²) in [4.78, 5) is 30.6. The Morgan fingerprint density at radius 1 is 1.20 bits per heavy atom. The van der Waals surface area contributed by atoms with E-state index in [1.807, 2.05) is 0 Å². The molecule has 1 aromatic carbocycles. The summed E-state index contributed by atoms with van der Waals surface area (Å²) in [5, 5.41) is 16.3. The van der Waals surface area contributed by atoms with E-state index in [1.165, 1.54) is 17.2 Å². The van der Waals surface area contributed by atoms with Crippen molar-refractivity contribution in [2.24, 2.45) is 11.8 Å². The molecule has 1 aliphatic carbocycles. The summed E-state index contributed by atoms with van der Waals surface area (Å²) in [7, 11) is 0. The zero-order valence-electron chi connectivity index (χ0n) is 22.7. The van der Waals surface area contributed by atoms with Crippen molar-refractivity contribution in [3.8, 4) is 11.6 Å². The second kappa shape index (κ2) is 12.1. The maximum Gasteiger partial charge on any atom is 0.421 e. The number of nitrogens with zero attached hydrogens (tertiary/aromatic N) is 3. The summed E-state index contributed by atoms with van der Waals surface area (Å²) in [5.74, 6) is -4.27. The topological polar surface area (TPSA) is 118 Å². The van der Waals surface area contributed by atoms with Crippen LogP contribution in [0.15, 0.2) is 41.2 Å². The van der Waals surface area contributed by atoms with E-state index in [-0.39, 0.29) is 29.6 Å². The molecule has 1 fully saturated rings. The predicted octanol–water partition coefficient (Wildman–Crippen LogP) is 6.90. The number of pyridine rings is 1. The molecule has 2 N–H and O–H groups in total. The lowest BCUT2D eigenvalue weighted by Crippen LogP contribution is -2.43. The number of carbonyl (C=O) groups is 2. The van der Waals surface area contributed by atoms with Gasteiger partial charge in [-0.3, -0.25) is 4.79 Å². The fourth-order valence-electron chi connectivity index (χ4n) is 4.82. The van der Waals surface area contributed by atoms with E-state index < -0.39 is 46.8 Å². The number of amides is 1. The van der Waals surface area contributed by atoms with Gasteiger partial charge in [0.1, 0.15) is 11.8 Å². The second-order valence-electron chi connectivity index (χ2n) is 10.4. The number of ether oxygens (including phenoxy) is 1. The molecule has 1 amide bonds. The molecule has 9 nitrogen and oxygen atoms in total. The molecule has 3 aromatic rings. The van der Waals surface area contributed by atoms with Gasteiger partial charge < -0.3 is 24.6 Å². The first-order valence-electron chi connectivity index (χ1n) is 13.1. The zero-order chi connectivity index (χ0) is 29.9. The molecule has 0 spiro atoms. The molecule has 0 aliphatic heterocycles. The average Bonchev–Trinajstić information content (AvgIpc) is 3.42. The standard InChI is InChI=1S/C28H30F4N4O5/c1-15(2)36(26(37)18-6-4-16(3)5-7-18)22-12-21(29)23(11-19(22)27(38)39)41-25-20(28(30,31)32)10-17(14-34-25)13-33-24-8-9-40-35-24/h8-12,14-16,18H,4-7,13H2,1-3H3,(H,33,35)(H,38,39). The Labute approximate surface area is 233 Å². The minimum Gasteiger partial charge on any atom is -0.478 e. The van der Waals surface area contributed by atoms with Crippen molar-refractivity contribution < 1.29 is 41.5 Å². The van der Waals surface area contributed by atoms with Gasteiger partial charge in [-0.05, 0) is 57.1 Å². The number of aromatic carboxylic acids is 1. The molecule has 0 saturated heterocycles.